The van der Waals surface area contributed by atoms with Crippen molar-refractivity contribution in [2.45, 2.75) is 23.9 Å². The van der Waals surface area contributed by atoms with E-state index in [2.05, 4.69) is 4.98 Å². The number of alkyl halides is 3. The van der Waals surface area contributed by atoms with Gasteiger partial charge in [-0.1, -0.05) is 0 Å². The summed E-state index contributed by atoms with van der Waals surface area (Å²) in [5, 5.41) is 0. The van der Waals surface area contributed by atoms with Gasteiger partial charge in [-0.05, 0) is 44.5 Å². The van der Waals surface area contributed by atoms with Crippen LogP contribution in [0.3, 0.4) is 0 Å². The Morgan fingerprint density at radius 1 is 1.38 bits per heavy atom. The number of likely N-dealkylation sites (N-methyl/N-ethyl adjacent to an activating group) is 1. The summed E-state index contributed by atoms with van der Waals surface area (Å²) < 4.78 is 80.5. The van der Waals surface area contributed by atoms with E-state index in [4.69, 9.17) is 4.74 Å². The molecule has 0 bridgehead atoms. The van der Waals surface area contributed by atoms with Crippen LogP contribution in [0, 0.1) is 11.7 Å². The van der Waals surface area contributed by atoms with Gasteiger partial charge in [0.2, 0.25) is 5.88 Å². The fraction of sp³-hybridized carbons (Fsp3) is 0.667. The van der Waals surface area contributed by atoms with Crippen LogP contribution < -0.4 is 4.74 Å². The summed E-state index contributed by atoms with van der Waals surface area (Å²) in [6.07, 6.45) is 2.60. The van der Waals surface area contributed by atoms with E-state index in [9.17, 15) is 26.0 Å². The maximum atomic E-state index is 13.6. The molecule has 0 saturated carbocycles. The van der Waals surface area contributed by atoms with Crippen LogP contribution in [0.1, 0.15) is 12.8 Å². The Balaban J connectivity index is 1.62. The molecule has 0 N–H and O–H groups in total. The molecule has 1 aromatic rings. The molecule has 26 heavy (non-hydrogen) atoms. The molecule has 2 aliphatic heterocycles. The second-order valence-electron chi connectivity index (χ2n) is 6.82. The third kappa shape index (κ3) is 3.39. The first kappa shape index (κ1) is 19.3. The fourth-order valence-electron chi connectivity index (χ4n) is 3.52. The quantitative estimate of drug-likeness (QED) is 0.726. The molecule has 2 fully saturated rings. The number of piperidine rings is 1. The number of nitrogens with zero attached hydrogens (tertiary/aromatic N) is 3. The van der Waals surface area contributed by atoms with Gasteiger partial charge in [0.15, 0.2) is 5.82 Å². The van der Waals surface area contributed by atoms with E-state index >= 15 is 0 Å². The first-order valence-electron chi connectivity index (χ1n) is 8.06. The van der Waals surface area contributed by atoms with Gasteiger partial charge in [-0.15, -0.1) is 0 Å². The van der Waals surface area contributed by atoms with Crippen molar-refractivity contribution in [1.82, 2.24) is 14.2 Å². The fourth-order valence-corrected chi connectivity index (χ4v) is 4.64. The maximum Gasteiger partial charge on any atom is 0.511 e. The van der Waals surface area contributed by atoms with E-state index in [1.165, 1.54) is 18.3 Å². The minimum absolute atomic E-state index is 0.0247. The topological polar surface area (TPSA) is 62.7 Å². The first-order chi connectivity index (χ1) is 12.1. The largest absolute Gasteiger partial charge is 0.511 e. The van der Waals surface area contributed by atoms with Gasteiger partial charge >= 0.3 is 15.5 Å². The second kappa shape index (κ2) is 6.61. The Morgan fingerprint density at radius 2 is 2.08 bits per heavy atom. The van der Waals surface area contributed by atoms with Gasteiger partial charge in [0, 0.05) is 24.8 Å². The maximum absolute atomic E-state index is 13.6. The van der Waals surface area contributed by atoms with Crippen molar-refractivity contribution in [2.75, 3.05) is 33.3 Å². The third-order valence-electron chi connectivity index (χ3n) is 5.11. The summed E-state index contributed by atoms with van der Waals surface area (Å²) in [4.78, 5) is 5.70. The third-order valence-corrected chi connectivity index (χ3v) is 6.63. The Kier molecular flexibility index (Phi) is 4.91. The van der Waals surface area contributed by atoms with Gasteiger partial charge in [0.25, 0.3) is 0 Å². The Bertz CT molecular complexity index is 766. The monoisotopic (exact) mass is 397 g/mol. The van der Waals surface area contributed by atoms with Gasteiger partial charge < -0.3 is 4.74 Å². The van der Waals surface area contributed by atoms with Gasteiger partial charge in [0.05, 0.1) is 6.61 Å². The molecule has 0 amide bonds. The van der Waals surface area contributed by atoms with Crippen molar-refractivity contribution in [2.24, 2.45) is 5.92 Å². The van der Waals surface area contributed by atoms with Gasteiger partial charge in [-0.2, -0.15) is 17.5 Å². The lowest BCUT2D eigenvalue weighted by molar-refractivity contribution is -0.0762. The number of sulfonamides is 1. The summed E-state index contributed by atoms with van der Waals surface area (Å²) in [6.45, 7) is 0.355. The zero-order valence-corrected chi connectivity index (χ0v) is 14.9. The van der Waals surface area contributed by atoms with Gasteiger partial charge in [-0.3, -0.25) is 4.90 Å². The molecule has 146 valence electrons. The molecule has 1 spiro atoms. The van der Waals surface area contributed by atoms with E-state index in [-0.39, 0.29) is 31.5 Å². The van der Waals surface area contributed by atoms with Crippen molar-refractivity contribution in [3.8, 4) is 5.88 Å². The highest BCUT2D eigenvalue weighted by atomic mass is 32.2. The van der Waals surface area contributed by atoms with Gasteiger partial charge in [-0.25, -0.2) is 17.8 Å². The highest BCUT2D eigenvalue weighted by Gasteiger charge is 2.60. The molecule has 0 unspecified atom stereocenters. The molecule has 3 rings (SSSR count). The number of ether oxygens (including phenoxy) is 1. The molecular weight excluding hydrogens is 378 g/mol. The Morgan fingerprint density at radius 3 is 2.69 bits per heavy atom. The number of hydrogen-bond donors (Lipinski definition) is 0. The smallest absolute Gasteiger partial charge is 0.475 e. The van der Waals surface area contributed by atoms with Crippen molar-refractivity contribution in [3.05, 3.63) is 24.1 Å². The van der Waals surface area contributed by atoms with E-state index in [1.807, 2.05) is 4.90 Å². The average Bonchev–Trinajstić information content (AvgIpc) is 2.52. The number of pyridine rings is 1. The van der Waals surface area contributed by atoms with Crippen LogP contribution >= 0.6 is 0 Å². The lowest BCUT2D eigenvalue weighted by atomic mass is 9.77. The normalized spacial score (nSPS) is 24.4. The second-order valence-corrected chi connectivity index (χ2v) is 8.75. The van der Waals surface area contributed by atoms with E-state index in [0.717, 1.165) is 6.42 Å². The molecule has 0 aliphatic carbocycles. The predicted molar refractivity (Wildman–Crippen MR) is 84.3 cm³/mol. The molecule has 1 aromatic heterocycles. The molecule has 6 nitrogen and oxygen atoms in total. The minimum Gasteiger partial charge on any atom is -0.475 e. The highest BCUT2D eigenvalue weighted by Crippen LogP contribution is 2.42. The molecule has 0 aromatic carbocycles. The minimum atomic E-state index is -5.30. The summed E-state index contributed by atoms with van der Waals surface area (Å²) in [5.74, 6) is -0.722. The lowest BCUT2D eigenvalue weighted by Crippen LogP contribution is -2.73. The van der Waals surface area contributed by atoms with Crippen LogP contribution in [0.5, 0.6) is 5.88 Å². The lowest BCUT2D eigenvalue weighted by Gasteiger charge is -2.57. The van der Waals surface area contributed by atoms with Crippen molar-refractivity contribution in [1.29, 1.82) is 0 Å². The molecular formula is C15H19F4N3O3S. The summed E-state index contributed by atoms with van der Waals surface area (Å²) in [5.41, 5.74) is -5.94. The van der Waals surface area contributed by atoms with Crippen LogP contribution in [0.2, 0.25) is 0 Å². The summed E-state index contributed by atoms with van der Waals surface area (Å²) in [7, 11) is -3.53. The molecule has 2 aliphatic rings. The number of halogens is 4. The predicted octanol–water partition coefficient (Wildman–Crippen LogP) is 1.85. The molecule has 3 heterocycles. The zero-order chi connectivity index (χ0) is 19.2. The summed E-state index contributed by atoms with van der Waals surface area (Å²) >= 11 is 0. The van der Waals surface area contributed by atoms with Crippen LogP contribution in [-0.4, -0.2) is 66.9 Å². The van der Waals surface area contributed by atoms with Crippen LogP contribution in [0.25, 0.3) is 0 Å². The van der Waals surface area contributed by atoms with Crippen LogP contribution in [0.15, 0.2) is 18.3 Å². The van der Waals surface area contributed by atoms with Crippen LogP contribution in [0.4, 0.5) is 17.6 Å². The first-order valence-corrected chi connectivity index (χ1v) is 9.50. The average molecular weight is 397 g/mol. The van der Waals surface area contributed by atoms with Gasteiger partial charge in [0.1, 0.15) is 0 Å². The number of rotatable bonds is 4. The number of aromatic nitrogens is 1. The molecule has 1 atom stereocenters. The van der Waals surface area contributed by atoms with E-state index < -0.39 is 26.9 Å². The standard InChI is InChI=1S/C15H19F4N3O3S/c1-21-6-4-11(8-25-13-12(16)3-2-5-20-13)7-14(21)9-22(10-14)26(23,24)15(17,18)19/h2-3,5,11H,4,6-10H2,1H3/t11-/m0/s1. The Hall–Kier alpha value is -1.46. The zero-order valence-electron chi connectivity index (χ0n) is 14.0. The summed E-state index contributed by atoms with van der Waals surface area (Å²) in [6, 6.07) is 2.67. The molecule has 11 heteroatoms. The van der Waals surface area contributed by atoms with Crippen molar-refractivity contribution in [3.63, 3.8) is 0 Å². The van der Waals surface area contributed by atoms with E-state index in [0.29, 0.717) is 17.3 Å². The highest BCUT2D eigenvalue weighted by molar-refractivity contribution is 7.90. The Labute approximate surface area is 148 Å². The van der Waals surface area contributed by atoms with E-state index in [1.54, 1.807) is 7.05 Å². The molecule has 0 radical (unpaired) electrons. The number of likely N-dealkylation sites (tertiary alicyclic amines) is 1. The SMILES string of the molecule is CN1CC[C@H](COc2ncccc2F)CC12CN(S(=O)(=O)C(F)(F)F)C2. The van der Waals surface area contributed by atoms with Crippen molar-refractivity contribution >= 4 is 10.0 Å². The van der Waals surface area contributed by atoms with Crippen molar-refractivity contribution < 1.29 is 30.7 Å². The molecule has 2 saturated heterocycles. The van der Waals surface area contributed by atoms with Crippen LogP contribution in [-0.2, 0) is 10.0 Å². The number of hydrogen-bond acceptors (Lipinski definition) is 5.